The Labute approximate surface area is 178 Å². The molecule has 1 N–H and O–H groups in total. The summed E-state index contributed by atoms with van der Waals surface area (Å²) < 4.78 is 26.7. The molecule has 1 aliphatic carbocycles. The molecule has 0 atom stereocenters. The SMILES string of the molecule is O=c1c([N+](=O)[O-])c(Nc2cccc(CS(=O)(=O)C3CCCCC3)c2)nc2ccccn12. The Morgan fingerprint density at radius 2 is 1.90 bits per heavy atom. The van der Waals surface area contributed by atoms with Crippen LogP contribution in [0.5, 0.6) is 0 Å². The summed E-state index contributed by atoms with van der Waals surface area (Å²) in [6.07, 6.45) is 5.73. The van der Waals surface area contributed by atoms with Gasteiger partial charge in [0.05, 0.1) is 15.9 Å². The van der Waals surface area contributed by atoms with Gasteiger partial charge in [0.15, 0.2) is 9.84 Å². The lowest BCUT2D eigenvalue weighted by Gasteiger charge is -2.21. The first kappa shape index (κ1) is 21.0. The Morgan fingerprint density at radius 3 is 2.65 bits per heavy atom. The number of aromatic nitrogens is 2. The Bertz CT molecular complexity index is 1300. The summed E-state index contributed by atoms with van der Waals surface area (Å²) in [5.41, 5.74) is -0.211. The Balaban J connectivity index is 1.65. The average Bonchev–Trinajstić information content (AvgIpc) is 2.74. The molecule has 1 aliphatic rings. The monoisotopic (exact) mass is 442 g/mol. The third kappa shape index (κ3) is 4.43. The van der Waals surface area contributed by atoms with Crippen molar-refractivity contribution in [2.75, 3.05) is 5.32 Å². The van der Waals surface area contributed by atoms with Crippen LogP contribution in [0.2, 0.25) is 0 Å². The van der Waals surface area contributed by atoms with E-state index in [4.69, 9.17) is 0 Å². The zero-order valence-corrected chi connectivity index (χ0v) is 17.5. The third-order valence-corrected chi connectivity index (χ3v) is 7.73. The number of benzene rings is 1. The van der Waals surface area contributed by atoms with E-state index < -0.39 is 26.0 Å². The molecule has 0 spiro atoms. The van der Waals surface area contributed by atoms with Crippen LogP contribution in [0.15, 0.2) is 53.5 Å². The molecule has 0 saturated heterocycles. The van der Waals surface area contributed by atoms with Gasteiger partial charge in [0.1, 0.15) is 5.65 Å². The highest BCUT2D eigenvalue weighted by Crippen LogP contribution is 2.28. The van der Waals surface area contributed by atoms with Crippen LogP contribution in [0.3, 0.4) is 0 Å². The third-order valence-electron chi connectivity index (χ3n) is 5.51. The van der Waals surface area contributed by atoms with Crippen molar-refractivity contribution in [3.63, 3.8) is 0 Å². The van der Waals surface area contributed by atoms with Crippen molar-refractivity contribution >= 4 is 32.7 Å². The average molecular weight is 442 g/mol. The molecular formula is C21H22N4O5S. The van der Waals surface area contributed by atoms with Gasteiger partial charge in [-0.25, -0.2) is 13.4 Å². The number of hydrogen-bond donors (Lipinski definition) is 1. The summed E-state index contributed by atoms with van der Waals surface area (Å²) in [6.45, 7) is 0. The van der Waals surface area contributed by atoms with Gasteiger partial charge < -0.3 is 5.32 Å². The van der Waals surface area contributed by atoms with E-state index in [2.05, 4.69) is 10.3 Å². The van der Waals surface area contributed by atoms with Crippen molar-refractivity contribution in [3.05, 3.63) is 74.7 Å². The van der Waals surface area contributed by atoms with E-state index in [1.807, 2.05) is 0 Å². The fourth-order valence-corrected chi connectivity index (χ4v) is 5.91. The predicted molar refractivity (Wildman–Crippen MR) is 117 cm³/mol. The minimum Gasteiger partial charge on any atom is -0.334 e. The summed E-state index contributed by atoms with van der Waals surface area (Å²) in [5, 5.41) is 14.1. The summed E-state index contributed by atoms with van der Waals surface area (Å²) in [5.74, 6) is -0.281. The van der Waals surface area contributed by atoms with Gasteiger partial charge in [0, 0.05) is 11.9 Å². The molecule has 2 aromatic heterocycles. The van der Waals surface area contributed by atoms with E-state index in [1.54, 1.807) is 42.5 Å². The van der Waals surface area contributed by atoms with Gasteiger partial charge in [0.25, 0.3) is 0 Å². The fourth-order valence-electron chi connectivity index (χ4n) is 3.98. The van der Waals surface area contributed by atoms with Crippen LogP contribution < -0.4 is 10.9 Å². The normalized spacial score (nSPS) is 15.1. The lowest BCUT2D eigenvalue weighted by molar-refractivity contribution is -0.385. The van der Waals surface area contributed by atoms with Gasteiger partial charge in [0.2, 0.25) is 5.82 Å². The molecule has 1 aromatic carbocycles. The van der Waals surface area contributed by atoms with Crippen molar-refractivity contribution in [3.8, 4) is 0 Å². The summed E-state index contributed by atoms with van der Waals surface area (Å²) in [4.78, 5) is 27.6. The van der Waals surface area contributed by atoms with E-state index in [1.165, 1.54) is 6.20 Å². The molecule has 162 valence electrons. The molecule has 4 rings (SSSR count). The van der Waals surface area contributed by atoms with Crippen molar-refractivity contribution in [1.29, 1.82) is 0 Å². The van der Waals surface area contributed by atoms with Crippen LogP contribution in [0.1, 0.15) is 37.7 Å². The molecule has 1 fully saturated rings. The van der Waals surface area contributed by atoms with Gasteiger partial charge in [-0.2, -0.15) is 0 Å². The van der Waals surface area contributed by atoms with Crippen molar-refractivity contribution in [1.82, 2.24) is 9.38 Å². The predicted octanol–water partition coefficient (Wildman–Crippen LogP) is 3.59. The smallest absolute Gasteiger partial charge is 0.334 e. The van der Waals surface area contributed by atoms with Crippen LogP contribution in [0, 0.1) is 10.1 Å². The first-order valence-electron chi connectivity index (χ1n) is 10.1. The van der Waals surface area contributed by atoms with E-state index in [0.29, 0.717) is 24.1 Å². The maximum Gasteiger partial charge on any atom is 0.376 e. The van der Waals surface area contributed by atoms with Gasteiger partial charge in [-0.3, -0.25) is 19.3 Å². The number of hydrogen-bond acceptors (Lipinski definition) is 7. The first-order valence-corrected chi connectivity index (χ1v) is 11.8. The summed E-state index contributed by atoms with van der Waals surface area (Å²) >= 11 is 0. The lowest BCUT2D eigenvalue weighted by Crippen LogP contribution is -2.25. The Kier molecular flexibility index (Phi) is 5.73. The van der Waals surface area contributed by atoms with Crippen LogP contribution in [0.4, 0.5) is 17.2 Å². The zero-order valence-electron chi connectivity index (χ0n) is 16.7. The molecular weight excluding hydrogens is 420 g/mol. The molecule has 2 heterocycles. The standard InChI is InChI=1S/C21H22N4O5S/c26-21-19(25(27)28)20(23-18-11-4-5-12-24(18)21)22-16-8-6-7-15(13-16)14-31(29,30)17-9-2-1-3-10-17/h4-8,11-13,17,22H,1-3,9-10,14H2. The number of nitrogens with zero attached hydrogens (tertiary/aromatic N) is 3. The Morgan fingerprint density at radius 1 is 1.13 bits per heavy atom. The maximum atomic E-state index is 12.8. The summed E-state index contributed by atoms with van der Waals surface area (Å²) in [7, 11) is -3.29. The molecule has 1 saturated carbocycles. The van der Waals surface area contributed by atoms with Crippen LogP contribution in [-0.4, -0.2) is 28.0 Å². The molecule has 3 aromatic rings. The molecule has 9 nitrogen and oxygen atoms in total. The second-order valence-corrected chi connectivity index (χ2v) is 9.97. The van der Waals surface area contributed by atoms with Crippen molar-refractivity contribution in [2.24, 2.45) is 0 Å². The maximum absolute atomic E-state index is 12.8. The number of sulfone groups is 1. The molecule has 0 radical (unpaired) electrons. The quantitative estimate of drug-likeness (QED) is 0.457. The van der Waals surface area contributed by atoms with Crippen LogP contribution in [0.25, 0.3) is 5.65 Å². The minimum atomic E-state index is -3.29. The van der Waals surface area contributed by atoms with Gasteiger partial charge in [-0.05, 0) is 42.7 Å². The number of rotatable bonds is 6. The zero-order chi connectivity index (χ0) is 22.0. The van der Waals surface area contributed by atoms with E-state index >= 15 is 0 Å². The van der Waals surface area contributed by atoms with Crippen molar-refractivity contribution in [2.45, 2.75) is 43.1 Å². The number of pyridine rings is 1. The number of fused-ring (bicyclic) bond motifs is 1. The molecule has 10 heteroatoms. The van der Waals surface area contributed by atoms with Gasteiger partial charge >= 0.3 is 11.2 Å². The Hall–Kier alpha value is -3.27. The van der Waals surface area contributed by atoms with Gasteiger partial charge in [-0.1, -0.05) is 37.5 Å². The van der Waals surface area contributed by atoms with E-state index in [9.17, 15) is 23.3 Å². The molecule has 0 unspecified atom stereocenters. The van der Waals surface area contributed by atoms with Crippen molar-refractivity contribution < 1.29 is 13.3 Å². The van der Waals surface area contributed by atoms with E-state index in [-0.39, 0.29) is 22.5 Å². The number of nitro groups is 1. The number of nitrogens with one attached hydrogen (secondary N) is 1. The second kappa shape index (κ2) is 8.46. The largest absolute Gasteiger partial charge is 0.376 e. The highest BCUT2D eigenvalue weighted by atomic mass is 32.2. The fraction of sp³-hybridized carbons (Fsp3) is 0.333. The number of anilines is 2. The molecule has 0 aliphatic heterocycles. The second-order valence-electron chi connectivity index (χ2n) is 7.69. The molecule has 0 bridgehead atoms. The van der Waals surface area contributed by atoms with Crippen LogP contribution >= 0.6 is 0 Å². The molecule has 0 amide bonds. The highest BCUT2D eigenvalue weighted by Gasteiger charge is 2.28. The topological polar surface area (TPSA) is 124 Å². The summed E-state index contributed by atoms with van der Waals surface area (Å²) in [6, 6.07) is 11.5. The van der Waals surface area contributed by atoms with Crippen LogP contribution in [-0.2, 0) is 15.6 Å². The van der Waals surface area contributed by atoms with E-state index in [0.717, 1.165) is 23.7 Å². The lowest BCUT2D eigenvalue weighted by atomic mass is 10.0. The first-order chi connectivity index (χ1) is 14.8. The minimum absolute atomic E-state index is 0.0942. The van der Waals surface area contributed by atoms with Gasteiger partial charge in [-0.15, -0.1) is 0 Å². The molecule has 31 heavy (non-hydrogen) atoms. The highest BCUT2D eigenvalue weighted by molar-refractivity contribution is 7.91.